The molecule has 5 heteroatoms. The maximum atomic E-state index is 12.6. The molecule has 0 radical (unpaired) electrons. The number of nitrogens with one attached hydrogen (secondary N) is 1. The molecule has 1 aromatic heterocycles. The Labute approximate surface area is 136 Å². The minimum absolute atomic E-state index is 0.253. The van der Waals surface area contributed by atoms with Crippen LogP contribution >= 0.6 is 0 Å². The van der Waals surface area contributed by atoms with Gasteiger partial charge in [-0.2, -0.15) is 0 Å². The number of nitrogens with zero attached hydrogens (tertiary/aromatic N) is 1. The van der Waals surface area contributed by atoms with Gasteiger partial charge in [-0.05, 0) is 55.8 Å². The molecule has 1 N–H and O–H groups in total. The smallest absolute Gasteiger partial charge is 0.261 e. The molecule has 3 aromatic rings. The number of hydrogen-bond acceptors (Lipinski definition) is 2. The Hall–Kier alpha value is -2.53. The van der Waals surface area contributed by atoms with Gasteiger partial charge in [-0.15, -0.1) is 0 Å². The zero-order valence-corrected chi connectivity index (χ0v) is 13.8. The lowest BCUT2D eigenvalue weighted by Crippen LogP contribution is -2.14. The largest absolute Gasteiger partial charge is 0.322 e. The van der Waals surface area contributed by atoms with Gasteiger partial charge >= 0.3 is 0 Å². The number of sulfonamides is 1. The number of aryl methyl sites for hydroxylation is 2. The van der Waals surface area contributed by atoms with Gasteiger partial charge < -0.3 is 4.57 Å². The molecule has 23 heavy (non-hydrogen) atoms. The first-order valence-corrected chi connectivity index (χ1v) is 8.77. The maximum Gasteiger partial charge on any atom is 0.261 e. The van der Waals surface area contributed by atoms with E-state index in [1.807, 2.05) is 61.1 Å². The van der Waals surface area contributed by atoms with Gasteiger partial charge in [0.25, 0.3) is 10.0 Å². The highest BCUT2D eigenvalue weighted by atomic mass is 32.2. The van der Waals surface area contributed by atoms with Crippen LogP contribution in [0.5, 0.6) is 0 Å². The fraction of sp³-hybridized carbons (Fsp3) is 0.111. The summed E-state index contributed by atoms with van der Waals surface area (Å²) in [7, 11) is -3.62. The van der Waals surface area contributed by atoms with Gasteiger partial charge in [0.1, 0.15) is 0 Å². The van der Waals surface area contributed by atoms with Crippen molar-refractivity contribution in [3.05, 3.63) is 78.1 Å². The Morgan fingerprint density at radius 1 is 0.870 bits per heavy atom. The lowest BCUT2D eigenvalue weighted by Gasteiger charge is -2.14. The second kappa shape index (κ2) is 5.93. The zero-order valence-electron chi connectivity index (χ0n) is 13.0. The number of hydrogen-bond donors (Lipinski definition) is 1. The van der Waals surface area contributed by atoms with Crippen LogP contribution in [-0.2, 0) is 10.0 Å². The van der Waals surface area contributed by atoms with Crippen LogP contribution < -0.4 is 4.72 Å². The first-order valence-electron chi connectivity index (χ1n) is 7.29. The summed E-state index contributed by atoms with van der Waals surface area (Å²) in [6.07, 6.45) is 3.77. The van der Waals surface area contributed by atoms with Gasteiger partial charge in [-0.3, -0.25) is 4.72 Å². The van der Waals surface area contributed by atoms with E-state index in [9.17, 15) is 8.42 Å². The molecule has 0 spiro atoms. The van der Waals surface area contributed by atoms with Crippen LogP contribution in [0.3, 0.4) is 0 Å². The number of benzene rings is 2. The highest BCUT2D eigenvalue weighted by Crippen LogP contribution is 2.25. The molecule has 3 rings (SSSR count). The predicted octanol–water partition coefficient (Wildman–Crippen LogP) is 3.89. The Kier molecular flexibility index (Phi) is 3.96. The van der Waals surface area contributed by atoms with Gasteiger partial charge in [-0.25, -0.2) is 8.42 Å². The van der Waals surface area contributed by atoms with Crippen molar-refractivity contribution in [3.8, 4) is 5.69 Å². The second-order valence-electron chi connectivity index (χ2n) is 5.53. The second-order valence-corrected chi connectivity index (χ2v) is 7.21. The minimum Gasteiger partial charge on any atom is -0.322 e. The Morgan fingerprint density at radius 2 is 1.48 bits per heavy atom. The van der Waals surface area contributed by atoms with E-state index in [4.69, 9.17) is 0 Å². The van der Waals surface area contributed by atoms with Crippen molar-refractivity contribution in [1.82, 2.24) is 4.57 Å². The van der Waals surface area contributed by atoms with Gasteiger partial charge in [0.2, 0.25) is 0 Å². The highest BCUT2D eigenvalue weighted by molar-refractivity contribution is 7.92. The summed E-state index contributed by atoms with van der Waals surface area (Å²) < 4.78 is 29.8. The summed E-state index contributed by atoms with van der Waals surface area (Å²) in [5, 5.41) is 0. The van der Waals surface area contributed by atoms with Gasteiger partial charge in [0.05, 0.1) is 16.3 Å². The predicted molar refractivity (Wildman–Crippen MR) is 92.5 cm³/mol. The Balaban J connectivity index is 2.02. The third-order valence-electron chi connectivity index (χ3n) is 3.61. The fourth-order valence-corrected chi connectivity index (χ4v) is 3.44. The van der Waals surface area contributed by atoms with E-state index in [-0.39, 0.29) is 4.90 Å². The third kappa shape index (κ3) is 3.29. The monoisotopic (exact) mass is 326 g/mol. The van der Waals surface area contributed by atoms with E-state index in [1.54, 1.807) is 24.3 Å². The summed E-state index contributed by atoms with van der Waals surface area (Å²) in [6, 6.07) is 16.3. The van der Waals surface area contributed by atoms with Crippen LogP contribution in [0.15, 0.2) is 71.9 Å². The van der Waals surface area contributed by atoms with Crippen LogP contribution in [0.4, 0.5) is 5.69 Å². The van der Waals surface area contributed by atoms with Crippen LogP contribution in [0.25, 0.3) is 5.69 Å². The molecule has 4 nitrogen and oxygen atoms in total. The van der Waals surface area contributed by atoms with E-state index >= 15 is 0 Å². The van der Waals surface area contributed by atoms with Crippen molar-refractivity contribution in [2.45, 2.75) is 18.7 Å². The SMILES string of the molecule is Cc1ccc(S(=O)(=O)Nc2cc(C)ccc2-n2cccc2)cc1. The Bertz CT molecular complexity index is 912. The molecule has 0 fully saturated rings. The molecule has 0 unspecified atom stereocenters. The normalized spacial score (nSPS) is 11.4. The molecule has 0 aliphatic carbocycles. The first kappa shape index (κ1) is 15.4. The lowest BCUT2D eigenvalue weighted by molar-refractivity contribution is 0.601. The number of rotatable bonds is 4. The van der Waals surface area contributed by atoms with Crippen molar-refractivity contribution in [1.29, 1.82) is 0 Å². The standard InChI is InChI=1S/C18H18N2O2S/c1-14-5-8-16(9-6-14)23(21,22)19-17-13-15(2)7-10-18(17)20-11-3-4-12-20/h3-13,19H,1-2H3. The number of aromatic nitrogens is 1. The lowest BCUT2D eigenvalue weighted by atomic mass is 10.2. The summed E-state index contributed by atoms with van der Waals surface area (Å²) in [6.45, 7) is 3.86. The van der Waals surface area contributed by atoms with Crippen molar-refractivity contribution >= 4 is 15.7 Å². The fourth-order valence-electron chi connectivity index (χ4n) is 2.37. The molecule has 0 aliphatic rings. The van der Waals surface area contributed by atoms with Gasteiger partial charge in [0.15, 0.2) is 0 Å². The molecular formula is C18H18N2O2S. The van der Waals surface area contributed by atoms with Crippen LogP contribution in [0.1, 0.15) is 11.1 Å². The van der Waals surface area contributed by atoms with Crippen molar-refractivity contribution in [2.24, 2.45) is 0 Å². The molecule has 2 aromatic carbocycles. The molecular weight excluding hydrogens is 308 g/mol. The summed E-state index contributed by atoms with van der Waals surface area (Å²) in [5.74, 6) is 0. The summed E-state index contributed by atoms with van der Waals surface area (Å²) in [4.78, 5) is 0.253. The van der Waals surface area contributed by atoms with E-state index in [1.165, 1.54) is 0 Å². The van der Waals surface area contributed by atoms with E-state index in [0.717, 1.165) is 16.8 Å². The molecule has 118 valence electrons. The summed E-state index contributed by atoms with van der Waals surface area (Å²) in [5.41, 5.74) is 3.35. The Morgan fingerprint density at radius 3 is 2.13 bits per heavy atom. The molecule has 1 heterocycles. The van der Waals surface area contributed by atoms with Crippen molar-refractivity contribution < 1.29 is 8.42 Å². The van der Waals surface area contributed by atoms with Crippen LogP contribution in [0, 0.1) is 13.8 Å². The first-order chi connectivity index (χ1) is 11.0. The topological polar surface area (TPSA) is 51.1 Å². The highest BCUT2D eigenvalue weighted by Gasteiger charge is 2.16. The molecule has 0 saturated heterocycles. The van der Waals surface area contributed by atoms with E-state index < -0.39 is 10.0 Å². The third-order valence-corrected chi connectivity index (χ3v) is 4.99. The average Bonchev–Trinajstić information content (AvgIpc) is 3.01. The van der Waals surface area contributed by atoms with E-state index in [2.05, 4.69) is 4.72 Å². The van der Waals surface area contributed by atoms with Gasteiger partial charge in [-0.1, -0.05) is 23.8 Å². The molecule has 0 saturated carbocycles. The van der Waals surface area contributed by atoms with Crippen molar-refractivity contribution in [2.75, 3.05) is 4.72 Å². The van der Waals surface area contributed by atoms with Gasteiger partial charge in [0, 0.05) is 12.4 Å². The molecule has 0 atom stereocenters. The minimum atomic E-state index is -3.62. The molecule has 0 amide bonds. The van der Waals surface area contributed by atoms with E-state index in [0.29, 0.717) is 5.69 Å². The number of anilines is 1. The molecule has 0 bridgehead atoms. The maximum absolute atomic E-state index is 12.6. The van der Waals surface area contributed by atoms with Crippen LogP contribution in [-0.4, -0.2) is 13.0 Å². The summed E-state index contributed by atoms with van der Waals surface area (Å²) >= 11 is 0. The zero-order chi connectivity index (χ0) is 16.4. The quantitative estimate of drug-likeness (QED) is 0.790. The molecule has 0 aliphatic heterocycles. The van der Waals surface area contributed by atoms with Crippen LogP contribution in [0.2, 0.25) is 0 Å². The average molecular weight is 326 g/mol. The van der Waals surface area contributed by atoms with Crippen molar-refractivity contribution in [3.63, 3.8) is 0 Å².